The van der Waals surface area contributed by atoms with Gasteiger partial charge < -0.3 is 10.5 Å². The molecule has 0 aromatic carbocycles. The van der Waals surface area contributed by atoms with Crippen LogP contribution in [-0.2, 0) is 4.74 Å². The zero-order chi connectivity index (χ0) is 11.4. The summed E-state index contributed by atoms with van der Waals surface area (Å²) in [6.45, 7) is 0. The fourth-order valence-electron chi connectivity index (χ4n) is 1.97. The van der Waals surface area contributed by atoms with E-state index in [-0.39, 0.29) is 12.1 Å². The van der Waals surface area contributed by atoms with Crippen molar-refractivity contribution in [1.29, 1.82) is 0 Å². The molecule has 1 aliphatic rings. The van der Waals surface area contributed by atoms with Crippen molar-refractivity contribution >= 4 is 11.7 Å². The van der Waals surface area contributed by atoms with Crippen molar-refractivity contribution in [3.05, 3.63) is 24.0 Å². The summed E-state index contributed by atoms with van der Waals surface area (Å²) in [6.07, 6.45) is 8.55. The molecule has 4 heteroatoms. The Morgan fingerprint density at radius 2 is 2.06 bits per heavy atom. The maximum atomic E-state index is 11.7. The summed E-state index contributed by atoms with van der Waals surface area (Å²) in [6, 6.07) is 1.60. The molecule has 1 aromatic rings. The fourth-order valence-corrected chi connectivity index (χ4v) is 1.97. The summed E-state index contributed by atoms with van der Waals surface area (Å²) in [7, 11) is 0. The van der Waals surface area contributed by atoms with E-state index in [4.69, 9.17) is 10.5 Å². The van der Waals surface area contributed by atoms with Gasteiger partial charge in [-0.15, -0.1) is 0 Å². The number of hydrogen-bond acceptors (Lipinski definition) is 4. The Balaban J connectivity index is 1.97. The Labute approximate surface area is 94.8 Å². The van der Waals surface area contributed by atoms with Crippen LogP contribution in [0.25, 0.3) is 0 Å². The van der Waals surface area contributed by atoms with Crippen LogP contribution in [0.1, 0.15) is 42.5 Å². The molecule has 0 atom stereocenters. The van der Waals surface area contributed by atoms with E-state index in [0.29, 0.717) is 11.3 Å². The first-order valence-corrected chi connectivity index (χ1v) is 5.67. The number of ether oxygens (including phenoxy) is 1. The van der Waals surface area contributed by atoms with Gasteiger partial charge >= 0.3 is 5.97 Å². The smallest absolute Gasteiger partial charge is 0.340 e. The summed E-state index contributed by atoms with van der Waals surface area (Å²) in [4.78, 5) is 15.6. The molecule has 1 saturated carbocycles. The lowest BCUT2D eigenvalue weighted by atomic mass is 9.98. The second kappa shape index (κ2) is 4.96. The molecular formula is C12H16N2O2. The van der Waals surface area contributed by atoms with Crippen LogP contribution in [0.2, 0.25) is 0 Å². The lowest BCUT2D eigenvalue weighted by Gasteiger charge is -2.21. The molecule has 1 aliphatic carbocycles. The van der Waals surface area contributed by atoms with E-state index in [2.05, 4.69) is 4.98 Å². The average Bonchev–Trinajstić information content (AvgIpc) is 2.30. The number of esters is 1. The van der Waals surface area contributed by atoms with Crippen molar-refractivity contribution in [2.24, 2.45) is 0 Å². The average molecular weight is 220 g/mol. The van der Waals surface area contributed by atoms with E-state index in [1.165, 1.54) is 18.8 Å². The molecule has 86 valence electrons. The van der Waals surface area contributed by atoms with Crippen LogP contribution in [-0.4, -0.2) is 17.1 Å². The van der Waals surface area contributed by atoms with Crippen LogP contribution in [0.4, 0.5) is 5.69 Å². The van der Waals surface area contributed by atoms with Gasteiger partial charge in [0, 0.05) is 12.4 Å². The van der Waals surface area contributed by atoms with Gasteiger partial charge in [0.25, 0.3) is 0 Å². The van der Waals surface area contributed by atoms with Gasteiger partial charge in [0.1, 0.15) is 6.10 Å². The zero-order valence-electron chi connectivity index (χ0n) is 9.19. The lowest BCUT2D eigenvalue weighted by Crippen LogP contribution is -2.21. The van der Waals surface area contributed by atoms with Crippen molar-refractivity contribution in [1.82, 2.24) is 4.98 Å². The normalized spacial score (nSPS) is 17.0. The number of nitrogens with two attached hydrogens (primary N) is 1. The van der Waals surface area contributed by atoms with Crippen LogP contribution >= 0.6 is 0 Å². The Morgan fingerprint density at radius 1 is 1.31 bits per heavy atom. The largest absolute Gasteiger partial charge is 0.459 e. The van der Waals surface area contributed by atoms with Gasteiger partial charge in [-0.2, -0.15) is 0 Å². The van der Waals surface area contributed by atoms with Gasteiger partial charge in [-0.3, -0.25) is 4.98 Å². The molecule has 0 radical (unpaired) electrons. The van der Waals surface area contributed by atoms with Crippen LogP contribution in [0.3, 0.4) is 0 Å². The minimum absolute atomic E-state index is 0.0719. The number of hydrogen-bond donors (Lipinski definition) is 1. The molecule has 0 unspecified atom stereocenters. The molecule has 1 fully saturated rings. The van der Waals surface area contributed by atoms with E-state index in [0.717, 1.165) is 25.7 Å². The molecule has 0 amide bonds. The number of pyridine rings is 1. The number of carbonyl (C=O) groups is 1. The van der Waals surface area contributed by atoms with Crippen molar-refractivity contribution < 1.29 is 9.53 Å². The maximum absolute atomic E-state index is 11.7. The minimum atomic E-state index is -0.313. The Bertz CT molecular complexity index is 373. The topological polar surface area (TPSA) is 65.2 Å². The van der Waals surface area contributed by atoms with E-state index in [9.17, 15) is 4.79 Å². The minimum Gasteiger partial charge on any atom is -0.459 e. The highest BCUT2D eigenvalue weighted by Gasteiger charge is 2.18. The standard InChI is InChI=1S/C12H16N2O2/c13-10-6-9(7-14-8-10)12(15)16-11-4-2-1-3-5-11/h6-8,11H,1-5,13H2. The molecule has 4 nitrogen and oxygen atoms in total. The molecule has 1 heterocycles. The quantitative estimate of drug-likeness (QED) is 0.775. The third-order valence-corrected chi connectivity index (χ3v) is 2.82. The molecule has 0 saturated heterocycles. The molecule has 2 N–H and O–H groups in total. The third-order valence-electron chi connectivity index (χ3n) is 2.82. The number of aromatic nitrogens is 1. The molecule has 0 aliphatic heterocycles. The van der Waals surface area contributed by atoms with Gasteiger partial charge in [-0.05, 0) is 31.7 Å². The van der Waals surface area contributed by atoms with Crippen LogP contribution in [0.15, 0.2) is 18.5 Å². The molecule has 0 bridgehead atoms. The Hall–Kier alpha value is -1.58. The number of anilines is 1. The highest BCUT2D eigenvalue weighted by atomic mass is 16.5. The second-order valence-corrected chi connectivity index (χ2v) is 4.17. The van der Waals surface area contributed by atoms with Crippen LogP contribution in [0.5, 0.6) is 0 Å². The van der Waals surface area contributed by atoms with E-state index < -0.39 is 0 Å². The first kappa shape index (κ1) is 10.9. The van der Waals surface area contributed by atoms with E-state index in [1.54, 1.807) is 6.07 Å². The van der Waals surface area contributed by atoms with Crippen LogP contribution in [0, 0.1) is 0 Å². The van der Waals surface area contributed by atoms with Crippen molar-refractivity contribution in [2.75, 3.05) is 5.73 Å². The van der Waals surface area contributed by atoms with Gasteiger partial charge in [0.2, 0.25) is 0 Å². The van der Waals surface area contributed by atoms with Crippen molar-refractivity contribution in [3.63, 3.8) is 0 Å². The Morgan fingerprint density at radius 3 is 2.75 bits per heavy atom. The summed E-state index contributed by atoms with van der Waals surface area (Å²) in [5.74, 6) is -0.313. The number of rotatable bonds is 2. The Kier molecular flexibility index (Phi) is 3.39. The number of nitrogen functional groups attached to an aromatic ring is 1. The predicted octanol–water partition coefficient (Wildman–Crippen LogP) is 2.15. The zero-order valence-corrected chi connectivity index (χ0v) is 9.19. The summed E-state index contributed by atoms with van der Waals surface area (Å²) in [5.41, 5.74) is 6.48. The molecule has 0 spiro atoms. The molecule has 1 aromatic heterocycles. The van der Waals surface area contributed by atoms with Gasteiger partial charge in [-0.1, -0.05) is 6.42 Å². The van der Waals surface area contributed by atoms with Gasteiger partial charge in [-0.25, -0.2) is 4.79 Å². The highest BCUT2D eigenvalue weighted by Crippen LogP contribution is 2.21. The number of nitrogens with zero attached hydrogens (tertiary/aromatic N) is 1. The van der Waals surface area contributed by atoms with Gasteiger partial charge in [0.15, 0.2) is 0 Å². The fraction of sp³-hybridized carbons (Fsp3) is 0.500. The third kappa shape index (κ3) is 2.72. The second-order valence-electron chi connectivity index (χ2n) is 4.17. The predicted molar refractivity (Wildman–Crippen MR) is 60.9 cm³/mol. The molecule has 2 rings (SSSR count). The maximum Gasteiger partial charge on any atom is 0.340 e. The lowest BCUT2D eigenvalue weighted by molar-refractivity contribution is 0.0211. The van der Waals surface area contributed by atoms with Crippen molar-refractivity contribution in [2.45, 2.75) is 38.2 Å². The number of carbonyl (C=O) groups excluding carboxylic acids is 1. The van der Waals surface area contributed by atoms with E-state index >= 15 is 0 Å². The summed E-state index contributed by atoms with van der Waals surface area (Å²) < 4.78 is 5.40. The summed E-state index contributed by atoms with van der Waals surface area (Å²) >= 11 is 0. The van der Waals surface area contributed by atoms with E-state index in [1.807, 2.05) is 0 Å². The first-order valence-electron chi connectivity index (χ1n) is 5.67. The molecular weight excluding hydrogens is 204 g/mol. The first-order chi connectivity index (χ1) is 7.75. The SMILES string of the molecule is Nc1cncc(C(=O)OC2CCCCC2)c1. The highest BCUT2D eigenvalue weighted by molar-refractivity contribution is 5.90. The van der Waals surface area contributed by atoms with Gasteiger partial charge in [0.05, 0.1) is 11.3 Å². The summed E-state index contributed by atoms with van der Waals surface area (Å²) in [5, 5.41) is 0. The monoisotopic (exact) mass is 220 g/mol. The molecule has 16 heavy (non-hydrogen) atoms. The van der Waals surface area contributed by atoms with Crippen molar-refractivity contribution in [3.8, 4) is 0 Å². The van der Waals surface area contributed by atoms with Crippen LogP contribution < -0.4 is 5.73 Å².